The van der Waals surface area contributed by atoms with Gasteiger partial charge in [0, 0.05) is 23.3 Å². The molecule has 0 atom stereocenters. The van der Waals surface area contributed by atoms with E-state index in [-0.39, 0.29) is 0 Å². The number of aromatic nitrogens is 1. The molecule has 0 radical (unpaired) electrons. The van der Waals surface area contributed by atoms with Crippen LogP contribution < -0.4 is 5.32 Å². The Labute approximate surface area is 130 Å². The molecular formula is C17H22N2OS. The number of anilines is 1. The van der Waals surface area contributed by atoms with E-state index in [4.69, 9.17) is 0 Å². The molecule has 3 rings (SSSR count). The summed E-state index contributed by atoms with van der Waals surface area (Å²) in [7, 11) is 0. The van der Waals surface area contributed by atoms with Crippen molar-refractivity contribution in [2.45, 2.75) is 31.8 Å². The second-order valence-corrected chi connectivity index (χ2v) is 6.95. The average molecular weight is 302 g/mol. The largest absolute Gasteiger partial charge is 0.388 e. The van der Waals surface area contributed by atoms with Crippen LogP contribution in [0.1, 0.15) is 25.5 Å². The predicted octanol–water partition coefficient (Wildman–Crippen LogP) is 3.47. The lowest BCUT2D eigenvalue weighted by atomic mass is 9.96. The van der Waals surface area contributed by atoms with E-state index in [0.717, 1.165) is 53.1 Å². The summed E-state index contributed by atoms with van der Waals surface area (Å²) in [5.41, 5.74) is 2.62. The Morgan fingerprint density at radius 1 is 1.29 bits per heavy atom. The van der Waals surface area contributed by atoms with Crippen molar-refractivity contribution in [2.24, 2.45) is 0 Å². The summed E-state index contributed by atoms with van der Waals surface area (Å²) < 4.78 is 0. The third kappa shape index (κ3) is 3.33. The average Bonchev–Trinajstić information content (AvgIpc) is 2.53. The number of hydrogen-bond acceptors (Lipinski definition) is 4. The van der Waals surface area contributed by atoms with E-state index in [0.29, 0.717) is 6.54 Å². The molecule has 2 aromatic rings. The van der Waals surface area contributed by atoms with E-state index in [2.05, 4.69) is 29.4 Å². The molecule has 0 unspecified atom stereocenters. The maximum absolute atomic E-state index is 10.6. The van der Waals surface area contributed by atoms with Gasteiger partial charge >= 0.3 is 0 Å². The first-order valence-electron chi connectivity index (χ1n) is 7.63. The first-order valence-corrected chi connectivity index (χ1v) is 8.78. The molecule has 1 aromatic carbocycles. The maximum Gasteiger partial charge on any atom is 0.0835 e. The van der Waals surface area contributed by atoms with Gasteiger partial charge in [-0.05, 0) is 42.9 Å². The van der Waals surface area contributed by atoms with Crippen molar-refractivity contribution >= 4 is 28.4 Å². The van der Waals surface area contributed by atoms with Crippen LogP contribution in [0, 0.1) is 0 Å². The third-order valence-electron chi connectivity index (χ3n) is 4.16. The van der Waals surface area contributed by atoms with Gasteiger partial charge in [-0.2, -0.15) is 11.8 Å². The molecule has 4 heteroatoms. The number of aliphatic hydroxyl groups is 1. The quantitative estimate of drug-likeness (QED) is 0.908. The highest BCUT2D eigenvalue weighted by molar-refractivity contribution is 7.99. The minimum Gasteiger partial charge on any atom is -0.388 e. The highest BCUT2D eigenvalue weighted by atomic mass is 32.2. The highest BCUT2D eigenvalue weighted by Crippen LogP contribution is 2.29. The smallest absolute Gasteiger partial charge is 0.0835 e. The van der Waals surface area contributed by atoms with E-state index in [9.17, 15) is 5.11 Å². The van der Waals surface area contributed by atoms with Gasteiger partial charge in [-0.15, -0.1) is 0 Å². The van der Waals surface area contributed by atoms with Crippen molar-refractivity contribution < 1.29 is 5.11 Å². The van der Waals surface area contributed by atoms with E-state index in [1.54, 1.807) is 0 Å². The van der Waals surface area contributed by atoms with Crippen LogP contribution in [0.25, 0.3) is 10.9 Å². The molecule has 2 N–H and O–H groups in total. The van der Waals surface area contributed by atoms with Crippen molar-refractivity contribution in [3.63, 3.8) is 0 Å². The number of fused-ring (bicyclic) bond motifs is 1. The normalized spacial score (nSPS) is 17.8. The van der Waals surface area contributed by atoms with Gasteiger partial charge in [-0.25, -0.2) is 0 Å². The van der Waals surface area contributed by atoms with Gasteiger partial charge in [-0.1, -0.05) is 25.1 Å². The van der Waals surface area contributed by atoms with Crippen LogP contribution in [0.2, 0.25) is 0 Å². The zero-order chi connectivity index (χ0) is 14.7. The van der Waals surface area contributed by atoms with Crippen LogP contribution in [0.5, 0.6) is 0 Å². The SMILES string of the molecule is CCc1cc(NCC2(O)CCSCC2)c2ccccc2n1. The fourth-order valence-corrected chi connectivity index (χ4v) is 4.00. The van der Waals surface area contributed by atoms with Crippen LogP contribution >= 0.6 is 11.8 Å². The molecule has 0 amide bonds. The monoisotopic (exact) mass is 302 g/mol. The Bertz CT molecular complexity index is 623. The number of rotatable bonds is 4. The summed E-state index contributed by atoms with van der Waals surface area (Å²) in [6.07, 6.45) is 2.66. The van der Waals surface area contributed by atoms with Crippen LogP contribution in [-0.2, 0) is 6.42 Å². The van der Waals surface area contributed by atoms with E-state index < -0.39 is 5.60 Å². The fourth-order valence-electron chi connectivity index (χ4n) is 2.75. The Morgan fingerprint density at radius 3 is 2.81 bits per heavy atom. The van der Waals surface area contributed by atoms with Gasteiger partial charge in [0.25, 0.3) is 0 Å². The predicted molar refractivity (Wildman–Crippen MR) is 91.1 cm³/mol. The van der Waals surface area contributed by atoms with Gasteiger partial charge < -0.3 is 10.4 Å². The molecule has 1 aromatic heterocycles. The second-order valence-electron chi connectivity index (χ2n) is 5.72. The number of nitrogens with zero attached hydrogens (tertiary/aromatic N) is 1. The molecule has 1 aliphatic heterocycles. The van der Waals surface area contributed by atoms with Crippen molar-refractivity contribution in [1.82, 2.24) is 4.98 Å². The standard InChI is InChI=1S/C17H22N2OS/c1-2-13-11-16(14-5-3-4-6-15(14)19-13)18-12-17(20)7-9-21-10-8-17/h3-6,11,20H,2,7-10,12H2,1H3,(H,18,19). The van der Waals surface area contributed by atoms with E-state index in [1.165, 1.54) is 0 Å². The number of benzene rings is 1. The molecule has 0 bridgehead atoms. The third-order valence-corrected chi connectivity index (χ3v) is 5.15. The van der Waals surface area contributed by atoms with Gasteiger partial charge in [-0.3, -0.25) is 4.98 Å². The fraction of sp³-hybridized carbons (Fsp3) is 0.471. The summed E-state index contributed by atoms with van der Waals surface area (Å²) in [5, 5.41) is 15.2. The minimum atomic E-state index is -0.567. The van der Waals surface area contributed by atoms with Crippen molar-refractivity contribution in [1.29, 1.82) is 0 Å². The molecular weight excluding hydrogens is 280 g/mol. The molecule has 0 saturated carbocycles. The molecule has 3 nitrogen and oxygen atoms in total. The van der Waals surface area contributed by atoms with Gasteiger partial charge in [0.1, 0.15) is 0 Å². The van der Waals surface area contributed by atoms with Crippen molar-refractivity contribution in [3.05, 3.63) is 36.0 Å². The summed E-state index contributed by atoms with van der Waals surface area (Å²) in [6.45, 7) is 2.73. The number of aryl methyl sites for hydroxylation is 1. The molecule has 0 spiro atoms. The maximum atomic E-state index is 10.6. The Morgan fingerprint density at radius 2 is 2.05 bits per heavy atom. The Balaban J connectivity index is 1.85. The number of thioether (sulfide) groups is 1. The summed E-state index contributed by atoms with van der Waals surface area (Å²) in [5.74, 6) is 2.10. The van der Waals surface area contributed by atoms with Crippen molar-refractivity contribution in [2.75, 3.05) is 23.4 Å². The Hall–Kier alpha value is -1.26. The molecule has 112 valence electrons. The highest BCUT2D eigenvalue weighted by Gasteiger charge is 2.29. The van der Waals surface area contributed by atoms with Crippen molar-refractivity contribution in [3.8, 4) is 0 Å². The molecule has 2 heterocycles. The van der Waals surface area contributed by atoms with Crippen LogP contribution in [-0.4, -0.2) is 33.7 Å². The number of para-hydroxylation sites is 1. The lowest BCUT2D eigenvalue weighted by molar-refractivity contribution is 0.0454. The molecule has 1 fully saturated rings. The van der Waals surface area contributed by atoms with E-state index >= 15 is 0 Å². The lowest BCUT2D eigenvalue weighted by Gasteiger charge is -2.32. The van der Waals surface area contributed by atoms with Crippen LogP contribution in [0.15, 0.2) is 30.3 Å². The molecule has 0 aliphatic carbocycles. The van der Waals surface area contributed by atoms with Gasteiger partial charge in [0.15, 0.2) is 0 Å². The molecule has 1 saturated heterocycles. The van der Waals surface area contributed by atoms with E-state index in [1.807, 2.05) is 30.0 Å². The minimum absolute atomic E-state index is 0.567. The Kier molecular flexibility index (Phi) is 4.36. The first-order chi connectivity index (χ1) is 10.2. The summed E-state index contributed by atoms with van der Waals surface area (Å²) in [6, 6.07) is 10.3. The van der Waals surface area contributed by atoms with Gasteiger partial charge in [0.05, 0.1) is 11.1 Å². The first kappa shape index (κ1) is 14.7. The topological polar surface area (TPSA) is 45.1 Å². The summed E-state index contributed by atoms with van der Waals surface area (Å²) in [4.78, 5) is 4.66. The van der Waals surface area contributed by atoms with Crippen LogP contribution in [0.3, 0.4) is 0 Å². The second kappa shape index (κ2) is 6.24. The zero-order valence-electron chi connectivity index (χ0n) is 12.4. The summed E-state index contributed by atoms with van der Waals surface area (Å²) >= 11 is 1.93. The van der Waals surface area contributed by atoms with Gasteiger partial charge in [0.2, 0.25) is 0 Å². The molecule has 1 aliphatic rings. The zero-order valence-corrected chi connectivity index (χ0v) is 13.2. The number of pyridine rings is 1. The molecule has 21 heavy (non-hydrogen) atoms. The number of nitrogens with one attached hydrogen (secondary N) is 1. The lowest BCUT2D eigenvalue weighted by Crippen LogP contribution is -2.40. The number of hydrogen-bond donors (Lipinski definition) is 2. The van der Waals surface area contributed by atoms with Crippen LogP contribution in [0.4, 0.5) is 5.69 Å².